The maximum absolute atomic E-state index is 14.1. The van der Waals surface area contributed by atoms with Crippen LogP contribution in [0.3, 0.4) is 0 Å². The molecule has 2 fully saturated rings. The van der Waals surface area contributed by atoms with Gasteiger partial charge in [-0.3, -0.25) is 19.3 Å². The Morgan fingerprint density at radius 2 is 1.97 bits per heavy atom. The average Bonchev–Trinajstić information content (AvgIpc) is 3.62. The highest BCUT2D eigenvalue weighted by atomic mass is 35.5. The number of alkyl halides is 2. The van der Waals surface area contributed by atoms with E-state index in [0.717, 1.165) is 24.2 Å². The molecule has 1 aromatic carbocycles. The summed E-state index contributed by atoms with van der Waals surface area (Å²) in [6.45, 7) is 7.21. The lowest BCUT2D eigenvalue weighted by Crippen LogP contribution is -2.53. The topological polar surface area (TPSA) is 91.0 Å². The van der Waals surface area contributed by atoms with Crippen LogP contribution in [0.2, 0.25) is 4.34 Å². The summed E-state index contributed by atoms with van der Waals surface area (Å²) in [5.74, 6) is -1.17. The van der Waals surface area contributed by atoms with Gasteiger partial charge < -0.3 is 20.3 Å². The maximum Gasteiger partial charge on any atom is 0.265 e. The fourth-order valence-corrected chi connectivity index (χ4v) is 5.50. The molecule has 1 aliphatic heterocycles. The summed E-state index contributed by atoms with van der Waals surface area (Å²) in [5, 5.41) is 5.52. The van der Waals surface area contributed by atoms with Crippen molar-refractivity contribution in [2.45, 2.75) is 52.1 Å². The van der Waals surface area contributed by atoms with Crippen LogP contribution >= 0.6 is 22.9 Å². The van der Waals surface area contributed by atoms with Crippen LogP contribution < -0.4 is 15.5 Å². The third kappa shape index (κ3) is 7.75. The molecule has 1 aromatic heterocycles. The van der Waals surface area contributed by atoms with Crippen molar-refractivity contribution in [1.29, 1.82) is 0 Å². The molecule has 3 amide bonds. The molecule has 39 heavy (non-hydrogen) atoms. The highest BCUT2D eigenvalue weighted by Gasteiger charge is 2.39. The quantitative estimate of drug-likeness (QED) is 0.414. The number of nitrogens with one attached hydrogen (secondary N) is 2. The summed E-state index contributed by atoms with van der Waals surface area (Å²) >= 11 is 7.10. The van der Waals surface area contributed by atoms with E-state index in [4.69, 9.17) is 16.3 Å². The minimum absolute atomic E-state index is 0.00284. The monoisotopic (exact) mass is 582 g/mol. The molecule has 1 atom stereocenters. The normalized spacial score (nSPS) is 17.0. The molecule has 1 saturated heterocycles. The van der Waals surface area contributed by atoms with E-state index in [1.807, 2.05) is 0 Å². The van der Waals surface area contributed by atoms with Gasteiger partial charge in [-0.15, -0.1) is 11.3 Å². The van der Waals surface area contributed by atoms with Gasteiger partial charge in [-0.05, 0) is 48.6 Å². The van der Waals surface area contributed by atoms with Crippen molar-refractivity contribution < 1.29 is 27.9 Å². The maximum atomic E-state index is 14.1. The molecule has 1 saturated carbocycles. The van der Waals surface area contributed by atoms with Gasteiger partial charge in [0.2, 0.25) is 5.91 Å². The first-order valence-corrected chi connectivity index (χ1v) is 14.0. The van der Waals surface area contributed by atoms with E-state index in [1.54, 1.807) is 12.1 Å². The molecule has 212 valence electrons. The van der Waals surface area contributed by atoms with Gasteiger partial charge in [0.1, 0.15) is 12.6 Å². The second-order valence-corrected chi connectivity index (χ2v) is 12.7. The molecular weight excluding hydrogens is 550 g/mol. The van der Waals surface area contributed by atoms with Gasteiger partial charge in [0.05, 0.1) is 15.8 Å². The molecule has 2 aliphatic rings. The van der Waals surface area contributed by atoms with E-state index in [1.165, 1.54) is 23.1 Å². The van der Waals surface area contributed by atoms with Gasteiger partial charge in [-0.2, -0.15) is 0 Å². The van der Waals surface area contributed by atoms with Crippen molar-refractivity contribution in [1.82, 2.24) is 10.2 Å². The Kier molecular flexibility index (Phi) is 9.25. The van der Waals surface area contributed by atoms with Crippen molar-refractivity contribution in [3.63, 3.8) is 0 Å². The molecule has 2 heterocycles. The summed E-state index contributed by atoms with van der Waals surface area (Å²) in [6.07, 6.45) is -1.05. The van der Waals surface area contributed by atoms with Gasteiger partial charge in [0.25, 0.3) is 18.2 Å². The molecule has 0 unspecified atom stereocenters. The second-order valence-electron chi connectivity index (χ2n) is 11.0. The third-order valence-electron chi connectivity index (χ3n) is 6.45. The zero-order valence-electron chi connectivity index (χ0n) is 22.1. The van der Waals surface area contributed by atoms with Crippen LogP contribution in [0.25, 0.3) is 0 Å². The number of hydrogen-bond acceptors (Lipinski definition) is 6. The number of morpholine rings is 1. The highest BCUT2D eigenvalue weighted by molar-refractivity contribution is 7.18. The molecule has 0 bridgehead atoms. The van der Waals surface area contributed by atoms with E-state index >= 15 is 0 Å². The van der Waals surface area contributed by atoms with Crippen LogP contribution in [-0.4, -0.2) is 67.6 Å². The lowest BCUT2D eigenvalue weighted by Gasteiger charge is -2.36. The van der Waals surface area contributed by atoms with E-state index in [-0.39, 0.29) is 54.2 Å². The third-order valence-corrected chi connectivity index (χ3v) is 7.68. The molecule has 2 N–H and O–H groups in total. The Hall–Kier alpha value is -2.60. The fourth-order valence-electron chi connectivity index (χ4n) is 4.54. The highest BCUT2D eigenvalue weighted by Crippen LogP contribution is 2.34. The summed E-state index contributed by atoms with van der Waals surface area (Å²) in [6, 6.07) is 6.78. The Labute approximate surface area is 235 Å². The molecule has 2 aromatic rings. The van der Waals surface area contributed by atoms with Crippen LogP contribution in [0.4, 0.5) is 20.2 Å². The van der Waals surface area contributed by atoms with Crippen LogP contribution in [0, 0.1) is 5.41 Å². The Balaban J connectivity index is 1.57. The summed E-state index contributed by atoms with van der Waals surface area (Å²) < 4.78 is 33.9. The lowest BCUT2D eigenvalue weighted by atomic mass is 9.94. The van der Waals surface area contributed by atoms with E-state index in [9.17, 15) is 23.2 Å². The number of anilines is 2. The SMILES string of the molecule is CC(C)(C)CN(C1CC1)[C@H](CNC(=O)c1ccc(Cl)s1)C(=O)Nc1ccc(N2CCOCC2=O)cc1C(F)F. The average molecular weight is 583 g/mol. The van der Waals surface area contributed by atoms with Crippen molar-refractivity contribution in [2.24, 2.45) is 5.41 Å². The minimum atomic E-state index is -2.88. The second kappa shape index (κ2) is 12.3. The fraction of sp³-hybridized carbons (Fsp3) is 0.519. The number of thiophene rings is 1. The van der Waals surface area contributed by atoms with Crippen molar-refractivity contribution in [2.75, 3.05) is 43.1 Å². The number of hydrogen-bond donors (Lipinski definition) is 2. The molecule has 12 heteroatoms. The molecule has 4 rings (SSSR count). The number of rotatable bonds is 10. The first kappa shape index (κ1) is 29.4. The molecule has 8 nitrogen and oxygen atoms in total. The van der Waals surface area contributed by atoms with E-state index < -0.39 is 18.4 Å². The molecule has 1 aliphatic carbocycles. The number of halogens is 3. The van der Waals surface area contributed by atoms with E-state index in [0.29, 0.717) is 28.1 Å². The number of amides is 3. The predicted octanol–water partition coefficient (Wildman–Crippen LogP) is 4.95. The Bertz CT molecular complexity index is 1210. The van der Waals surface area contributed by atoms with Crippen molar-refractivity contribution in [3.05, 3.63) is 45.1 Å². The summed E-state index contributed by atoms with van der Waals surface area (Å²) in [4.78, 5) is 42.5. The molecule has 0 spiro atoms. The number of carbonyl (C=O) groups is 3. The first-order valence-electron chi connectivity index (χ1n) is 12.8. The molecule has 0 radical (unpaired) electrons. The van der Waals surface area contributed by atoms with Crippen molar-refractivity contribution >= 4 is 52.0 Å². The van der Waals surface area contributed by atoms with Crippen LogP contribution in [0.5, 0.6) is 0 Å². The van der Waals surface area contributed by atoms with E-state index in [2.05, 4.69) is 36.3 Å². The van der Waals surface area contributed by atoms with Gasteiger partial charge in [-0.25, -0.2) is 8.78 Å². The van der Waals surface area contributed by atoms with Crippen LogP contribution in [0.15, 0.2) is 30.3 Å². The Morgan fingerprint density at radius 3 is 2.56 bits per heavy atom. The molecular formula is C27H33ClF2N4O4S. The lowest BCUT2D eigenvalue weighted by molar-refractivity contribution is -0.125. The van der Waals surface area contributed by atoms with Gasteiger partial charge in [0.15, 0.2) is 0 Å². The van der Waals surface area contributed by atoms with Gasteiger partial charge in [0, 0.05) is 42.6 Å². The number of nitrogens with zero attached hydrogens (tertiary/aromatic N) is 2. The zero-order chi connectivity index (χ0) is 28.3. The largest absolute Gasteiger partial charge is 0.370 e. The predicted molar refractivity (Wildman–Crippen MR) is 148 cm³/mol. The van der Waals surface area contributed by atoms with Gasteiger partial charge in [-0.1, -0.05) is 32.4 Å². The first-order chi connectivity index (χ1) is 18.4. The zero-order valence-corrected chi connectivity index (χ0v) is 23.7. The smallest absolute Gasteiger partial charge is 0.265 e. The summed E-state index contributed by atoms with van der Waals surface area (Å²) in [7, 11) is 0. The van der Waals surface area contributed by atoms with Crippen LogP contribution in [0.1, 0.15) is 55.3 Å². The van der Waals surface area contributed by atoms with Crippen molar-refractivity contribution in [3.8, 4) is 0 Å². The van der Waals surface area contributed by atoms with Crippen LogP contribution in [-0.2, 0) is 14.3 Å². The van der Waals surface area contributed by atoms with Gasteiger partial charge >= 0.3 is 0 Å². The number of ether oxygens (including phenoxy) is 1. The number of carbonyl (C=O) groups excluding carboxylic acids is 3. The standard InChI is InChI=1S/C27H33ClF2N4O4S/c1-27(2,3)15-34(16-4-5-16)20(13-31-26(37)21-8-9-22(28)39-21)25(36)32-19-7-6-17(12-18(19)24(29)30)33-10-11-38-14-23(33)35/h6-9,12,16,20,24H,4-5,10-11,13-15H2,1-3H3,(H,31,37)(H,32,36)/t20-/m1/s1. The summed E-state index contributed by atoms with van der Waals surface area (Å²) in [5.41, 5.74) is -0.244. The number of benzene rings is 1. The minimum Gasteiger partial charge on any atom is -0.370 e. The Morgan fingerprint density at radius 1 is 1.23 bits per heavy atom.